The third-order valence-electron chi connectivity index (χ3n) is 1.06. The van der Waals surface area contributed by atoms with Crippen LogP contribution in [0.4, 0.5) is 0 Å². The zero-order valence-corrected chi connectivity index (χ0v) is 8.32. The Balaban J connectivity index is 2.57. The van der Waals surface area contributed by atoms with Crippen molar-refractivity contribution in [3.63, 3.8) is 0 Å². The van der Waals surface area contributed by atoms with Crippen molar-refractivity contribution < 1.29 is 0 Å². The van der Waals surface area contributed by atoms with Gasteiger partial charge >= 0.3 is 0 Å². The van der Waals surface area contributed by atoms with Crippen LogP contribution in [0.15, 0.2) is 23.6 Å². The minimum Gasteiger partial charge on any atom is -0.144 e. The molecular formula is C7H10SSi. The smallest absolute Gasteiger partial charge is 0.0266 e. The minimum atomic E-state index is 1.26. The highest BCUT2D eigenvalue weighted by atomic mass is 32.1. The van der Waals surface area contributed by atoms with E-state index in [4.69, 9.17) is 0 Å². The molecule has 0 aliphatic rings. The van der Waals surface area contributed by atoms with Gasteiger partial charge < -0.3 is 0 Å². The van der Waals surface area contributed by atoms with E-state index in [1.807, 2.05) is 0 Å². The summed E-state index contributed by atoms with van der Waals surface area (Å²) in [5.41, 5.74) is 0. The first kappa shape index (κ1) is 6.77. The normalized spacial score (nSPS) is 11.1. The van der Waals surface area contributed by atoms with E-state index >= 15 is 0 Å². The molecule has 1 rings (SSSR count). The van der Waals surface area contributed by atoms with Gasteiger partial charge in [0.25, 0.3) is 0 Å². The highest BCUT2D eigenvalue weighted by Crippen LogP contribution is 2.09. The van der Waals surface area contributed by atoms with Gasteiger partial charge in [-0.15, -0.1) is 11.3 Å². The molecule has 9 heavy (non-hydrogen) atoms. The monoisotopic (exact) mass is 154 g/mol. The molecule has 0 saturated carbocycles. The number of hydrogen-bond acceptors (Lipinski definition) is 1. The second kappa shape index (κ2) is 3.64. The maximum atomic E-state index is 2.23. The van der Waals surface area contributed by atoms with Gasteiger partial charge in [0, 0.05) is 15.1 Å². The summed E-state index contributed by atoms with van der Waals surface area (Å²) in [5.74, 6) is 0. The molecule has 0 amide bonds. The van der Waals surface area contributed by atoms with Crippen LogP contribution in [0.3, 0.4) is 0 Å². The van der Waals surface area contributed by atoms with Gasteiger partial charge in [0.2, 0.25) is 0 Å². The van der Waals surface area contributed by atoms with E-state index in [1.165, 1.54) is 21.2 Å². The van der Waals surface area contributed by atoms with E-state index in [0.717, 1.165) is 0 Å². The van der Waals surface area contributed by atoms with Crippen molar-refractivity contribution in [3.8, 4) is 0 Å². The summed E-state index contributed by atoms with van der Waals surface area (Å²) in [6, 6.07) is 5.48. The third kappa shape index (κ3) is 2.16. The number of allylic oxidation sites excluding steroid dienone is 1. The van der Waals surface area contributed by atoms with Crippen LogP contribution in [0.2, 0.25) is 6.04 Å². The number of rotatable bonds is 2. The first-order valence-corrected chi connectivity index (χ1v) is 5.43. The summed E-state index contributed by atoms with van der Waals surface area (Å²) in [5, 5.41) is 2.10. The average molecular weight is 154 g/mol. The molecule has 0 aliphatic heterocycles. The van der Waals surface area contributed by atoms with Gasteiger partial charge in [0.15, 0.2) is 0 Å². The van der Waals surface area contributed by atoms with Crippen molar-refractivity contribution in [2.24, 2.45) is 0 Å². The van der Waals surface area contributed by atoms with Gasteiger partial charge in [-0.3, -0.25) is 0 Å². The molecule has 0 aliphatic carbocycles. The van der Waals surface area contributed by atoms with Crippen LogP contribution in [0.1, 0.15) is 4.88 Å². The van der Waals surface area contributed by atoms with Crippen molar-refractivity contribution >= 4 is 27.7 Å². The van der Waals surface area contributed by atoms with Crippen molar-refractivity contribution in [1.29, 1.82) is 0 Å². The molecule has 0 radical (unpaired) electrons. The van der Waals surface area contributed by atoms with Gasteiger partial charge in [-0.25, -0.2) is 0 Å². The Kier molecular flexibility index (Phi) is 2.74. The van der Waals surface area contributed by atoms with Gasteiger partial charge in [-0.1, -0.05) is 12.1 Å². The molecule has 0 spiro atoms. The molecule has 2 heteroatoms. The molecule has 0 fully saturated rings. The molecule has 0 atom stereocenters. The van der Waals surface area contributed by atoms with Crippen molar-refractivity contribution in [3.05, 3.63) is 28.5 Å². The van der Waals surface area contributed by atoms with Crippen LogP contribution in [0, 0.1) is 0 Å². The summed E-state index contributed by atoms with van der Waals surface area (Å²) >= 11 is 1.79. The van der Waals surface area contributed by atoms with Crippen molar-refractivity contribution in [1.82, 2.24) is 0 Å². The molecule has 0 aromatic carbocycles. The third-order valence-corrected chi connectivity index (χ3v) is 2.37. The maximum Gasteiger partial charge on any atom is 0.0266 e. The van der Waals surface area contributed by atoms with Crippen molar-refractivity contribution in [2.75, 3.05) is 0 Å². The fraction of sp³-hybridized carbons (Fsp3) is 0.143. The van der Waals surface area contributed by atoms with E-state index in [9.17, 15) is 0 Å². The van der Waals surface area contributed by atoms with Gasteiger partial charge in [-0.05, 0) is 23.6 Å². The average Bonchev–Trinajstić information content (AvgIpc) is 2.34. The van der Waals surface area contributed by atoms with Crippen LogP contribution in [0.25, 0.3) is 6.08 Å². The highest BCUT2D eigenvalue weighted by molar-refractivity contribution is 7.10. The second-order valence-corrected chi connectivity index (χ2v) is 3.62. The van der Waals surface area contributed by atoms with E-state index < -0.39 is 0 Å². The summed E-state index contributed by atoms with van der Waals surface area (Å²) in [4.78, 5) is 1.37. The Morgan fingerprint density at radius 2 is 2.56 bits per heavy atom. The molecule has 0 bridgehead atoms. The molecule has 1 heterocycles. The van der Waals surface area contributed by atoms with Gasteiger partial charge in [0.05, 0.1) is 0 Å². The second-order valence-electron chi connectivity index (χ2n) is 1.83. The highest BCUT2D eigenvalue weighted by Gasteiger charge is 1.81. The lowest BCUT2D eigenvalue weighted by atomic mass is 10.4. The summed E-state index contributed by atoms with van der Waals surface area (Å²) in [6.45, 7) is 0. The lowest BCUT2D eigenvalue weighted by Crippen LogP contribution is -1.57. The Bertz CT molecular complexity index is 177. The fourth-order valence-corrected chi connectivity index (χ4v) is 1.50. The van der Waals surface area contributed by atoms with Crippen LogP contribution < -0.4 is 0 Å². The standard InChI is InChI=1S/C7H10SSi/c9-6-2-4-7-3-1-5-8-7/h1-5H,6H2,9H3. The summed E-state index contributed by atoms with van der Waals surface area (Å²) < 4.78 is 0. The summed E-state index contributed by atoms with van der Waals surface area (Å²) in [7, 11) is 1.28. The van der Waals surface area contributed by atoms with E-state index in [2.05, 4.69) is 29.7 Å². The number of hydrogen-bond donors (Lipinski definition) is 0. The van der Waals surface area contributed by atoms with E-state index in [0.29, 0.717) is 0 Å². The zero-order valence-electron chi connectivity index (χ0n) is 5.50. The molecule has 0 nitrogen and oxygen atoms in total. The minimum absolute atomic E-state index is 1.26. The molecule has 0 saturated heterocycles. The number of thiophene rings is 1. The Morgan fingerprint density at radius 1 is 1.67 bits per heavy atom. The van der Waals surface area contributed by atoms with Crippen LogP contribution in [0.5, 0.6) is 0 Å². The van der Waals surface area contributed by atoms with Crippen LogP contribution in [-0.4, -0.2) is 10.2 Å². The van der Waals surface area contributed by atoms with E-state index in [-0.39, 0.29) is 0 Å². The van der Waals surface area contributed by atoms with E-state index in [1.54, 1.807) is 11.3 Å². The fourth-order valence-electron chi connectivity index (χ4n) is 0.620. The molecule has 0 unspecified atom stereocenters. The lowest BCUT2D eigenvalue weighted by molar-refractivity contribution is 1.75. The van der Waals surface area contributed by atoms with Gasteiger partial charge in [0.1, 0.15) is 0 Å². The SMILES string of the molecule is [SiH3]CC=Cc1cccs1. The Hall–Kier alpha value is -0.343. The Labute approximate surface area is 62.6 Å². The first-order valence-electron chi connectivity index (χ1n) is 3.13. The van der Waals surface area contributed by atoms with Crippen LogP contribution in [-0.2, 0) is 0 Å². The van der Waals surface area contributed by atoms with Gasteiger partial charge in [-0.2, -0.15) is 0 Å². The predicted molar refractivity (Wildman–Crippen MR) is 48.1 cm³/mol. The predicted octanol–water partition coefficient (Wildman–Crippen LogP) is 1.54. The zero-order chi connectivity index (χ0) is 6.53. The maximum absolute atomic E-state index is 2.23. The largest absolute Gasteiger partial charge is 0.144 e. The van der Waals surface area contributed by atoms with Crippen molar-refractivity contribution in [2.45, 2.75) is 6.04 Å². The van der Waals surface area contributed by atoms with Crippen LogP contribution >= 0.6 is 11.3 Å². The molecular weight excluding hydrogens is 144 g/mol. The topological polar surface area (TPSA) is 0 Å². The first-order chi connectivity index (χ1) is 4.43. The molecule has 48 valence electrons. The quantitative estimate of drug-likeness (QED) is 0.567. The molecule has 1 aromatic rings. The summed E-state index contributed by atoms with van der Waals surface area (Å²) in [6.07, 6.45) is 4.43. The Morgan fingerprint density at radius 3 is 3.11 bits per heavy atom. The molecule has 0 N–H and O–H groups in total. The molecule has 1 aromatic heterocycles. The lowest BCUT2D eigenvalue weighted by Gasteiger charge is -1.78.